The van der Waals surface area contributed by atoms with Gasteiger partial charge in [-0.1, -0.05) is 0 Å². The van der Waals surface area contributed by atoms with Gasteiger partial charge in [-0.3, -0.25) is 4.79 Å². The van der Waals surface area contributed by atoms with Crippen molar-refractivity contribution in [2.24, 2.45) is 0 Å². The zero-order chi connectivity index (χ0) is 14.8. The number of esters is 1. The van der Waals surface area contributed by atoms with Crippen molar-refractivity contribution in [1.29, 1.82) is 0 Å². The normalized spacial score (nSPS) is 13.2. The van der Waals surface area contributed by atoms with E-state index in [1.807, 2.05) is 0 Å². The summed E-state index contributed by atoms with van der Waals surface area (Å²) in [6.07, 6.45) is 2.54. The predicted molar refractivity (Wildman–Crippen MR) is 76.6 cm³/mol. The molecule has 5 heteroatoms. The number of rotatable bonds is 4. The first-order valence-corrected chi connectivity index (χ1v) is 7.06. The molecule has 0 aliphatic heterocycles. The Morgan fingerprint density at radius 3 is 3.00 bits per heavy atom. The van der Waals surface area contributed by atoms with Crippen LogP contribution in [0.2, 0.25) is 0 Å². The summed E-state index contributed by atoms with van der Waals surface area (Å²) in [4.78, 5) is 23.6. The largest absolute Gasteiger partial charge is 0.482 e. The maximum Gasteiger partial charge on any atom is 0.344 e. The highest BCUT2D eigenvalue weighted by atomic mass is 16.6. The van der Waals surface area contributed by atoms with Crippen LogP contribution in [0.15, 0.2) is 27.4 Å². The van der Waals surface area contributed by atoms with Crippen LogP contribution in [0.3, 0.4) is 0 Å². The number of hydrogen-bond acceptors (Lipinski definition) is 5. The molecule has 0 saturated carbocycles. The SMILES string of the molecule is CCOC(=O)COc1ccc2c(=O)c3c(oc2c1)CCC3. The summed E-state index contributed by atoms with van der Waals surface area (Å²) >= 11 is 0. The highest BCUT2D eigenvalue weighted by Gasteiger charge is 2.19. The molecule has 1 aromatic heterocycles. The van der Waals surface area contributed by atoms with E-state index in [-0.39, 0.29) is 12.0 Å². The lowest BCUT2D eigenvalue weighted by molar-refractivity contribution is -0.145. The van der Waals surface area contributed by atoms with Crippen molar-refractivity contribution in [1.82, 2.24) is 0 Å². The Morgan fingerprint density at radius 1 is 1.33 bits per heavy atom. The Balaban J connectivity index is 1.89. The van der Waals surface area contributed by atoms with Gasteiger partial charge in [-0.2, -0.15) is 0 Å². The van der Waals surface area contributed by atoms with E-state index in [0.717, 1.165) is 30.6 Å². The molecule has 1 aliphatic rings. The van der Waals surface area contributed by atoms with Gasteiger partial charge in [0, 0.05) is 18.1 Å². The molecule has 0 radical (unpaired) electrons. The fourth-order valence-corrected chi connectivity index (χ4v) is 2.57. The maximum absolute atomic E-state index is 12.3. The summed E-state index contributed by atoms with van der Waals surface area (Å²) in [5, 5.41) is 0.555. The minimum atomic E-state index is -0.423. The van der Waals surface area contributed by atoms with E-state index in [4.69, 9.17) is 13.9 Å². The van der Waals surface area contributed by atoms with Crippen molar-refractivity contribution < 1.29 is 18.7 Å². The zero-order valence-corrected chi connectivity index (χ0v) is 11.8. The molecular formula is C16H16O5. The van der Waals surface area contributed by atoms with E-state index in [9.17, 15) is 9.59 Å². The molecule has 2 aromatic rings. The summed E-state index contributed by atoms with van der Waals surface area (Å²) in [6, 6.07) is 4.99. The lowest BCUT2D eigenvalue weighted by atomic mass is 10.1. The second-order valence-electron chi connectivity index (χ2n) is 4.94. The van der Waals surface area contributed by atoms with Gasteiger partial charge in [0.15, 0.2) is 12.0 Å². The molecule has 0 unspecified atom stereocenters. The average Bonchev–Trinajstić information content (AvgIpc) is 2.94. The van der Waals surface area contributed by atoms with Gasteiger partial charge in [-0.05, 0) is 31.9 Å². The predicted octanol–water partition coefficient (Wildman–Crippen LogP) is 2.22. The molecule has 0 saturated heterocycles. The fourth-order valence-electron chi connectivity index (χ4n) is 2.57. The first-order chi connectivity index (χ1) is 10.2. The van der Waals surface area contributed by atoms with Gasteiger partial charge < -0.3 is 13.9 Å². The van der Waals surface area contributed by atoms with Crippen molar-refractivity contribution in [3.8, 4) is 5.75 Å². The monoisotopic (exact) mass is 288 g/mol. The molecule has 1 aromatic carbocycles. The van der Waals surface area contributed by atoms with Crippen LogP contribution in [-0.2, 0) is 22.4 Å². The number of benzene rings is 1. The van der Waals surface area contributed by atoms with Gasteiger partial charge in [0.25, 0.3) is 0 Å². The van der Waals surface area contributed by atoms with Crippen LogP contribution < -0.4 is 10.2 Å². The van der Waals surface area contributed by atoms with Crippen molar-refractivity contribution in [2.75, 3.05) is 13.2 Å². The van der Waals surface area contributed by atoms with Crippen LogP contribution in [0, 0.1) is 0 Å². The number of hydrogen-bond donors (Lipinski definition) is 0. The molecule has 0 fully saturated rings. The topological polar surface area (TPSA) is 65.7 Å². The third-order valence-corrected chi connectivity index (χ3v) is 3.53. The summed E-state index contributed by atoms with van der Waals surface area (Å²) in [7, 11) is 0. The van der Waals surface area contributed by atoms with E-state index in [1.165, 1.54) is 0 Å². The zero-order valence-electron chi connectivity index (χ0n) is 11.8. The van der Waals surface area contributed by atoms with Gasteiger partial charge in [0.05, 0.1) is 12.0 Å². The fraction of sp³-hybridized carbons (Fsp3) is 0.375. The first-order valence-electron chi connectivity index (χ1n) is 7.06. The Hall–Kier alpha value is -2.30. The molecular weight excluding hydrogens is 272 g/mol. The van der Waals surface area contributed by atoms with Crippen molar-refractivity contribution in [3.63, 3.8) is 0 Å². The third-order valence-electron chi connectivity index (χ3n) is 3.53. The summed E-state index contributed by atoms with van der Waals surface area (Å²) in [5.74, 6) is 0.833. The minimum Gasteiger partial charge on any atom is -0.482 e. The minimum absolute atomic E-state index is 0.0423. The Kier molecular flexibility index (Phi) is 3.64. The smallest absolute Gasteiger partial charge is 0.344 e. The van der Waals surface area contributed by atoms with E-state index < -0.39 is 5.97 Å². The highest BCUT2D eigenvalue weighted by Crippen LogP contribution is 2.26. The number of fused-ring (bicyclic) bond motifs is 2. The van der Waals surface area contributed by atoms with E-state index in [0.29, 0.717) is 23.3 Å². The second kappa shape index (κ2) is 5.60. The Bertz CT molecular complexity index is 744. The van der Waals surface area contributed by atoms with E-state index >= 15 is 0 Å². The van der Waals surface area contributed by atoms with Crippen molar-refractivity contribution >= 4 is 16.9 Å². The highest BCUT2D eigenvalue weighted by molar-refractivity contribution is 5.79. The molecule has 110 valence electrons. The molecule has 0 spiro atoms. The van der Waals surface area contributed by atoms with Crippen LogP contribution in [0.1, 0.15) is 24.7 Å². The summed E-state index contributed by atoms with van der Waals surface area (Å²) < 4.78 is 15.9. The lowest BCUT2D eigenvalue weighted by Gasteiger charge is -2.07. The van der Waals surface area contributed by atoms with Crippen molar-refractivity contribution in [2.45, 2.75) is 26.2 Å². The molecule has 0 atom stereocenters. The second-order valence-corrected chi connectivity index (χ2v) is 4.94. The standard InChI is InChI=1S/C16H16O5/c1-2-19-15(17)9-20-10-6-7-12-14(8-10)21-13-5-3-4-11(13)16(12)18/h6-8H,2-5,9H2,1H3. The van der Waals surface area contributed by atoms with Gasteiger partial charge in [-0.15, -0.1) is 0 Å². The molecule has 1 aliphatic carbocycles. The number of aryl methyl sites for hydroxylation is 1. The Labute approximate surface area is 121 Å². The molecule has 1 heterocycles. The summed E-state index contributed by atoms with van der Waals surface area (Å²) in [5.41, 5.74) is 1.34. The summed E-state index contributed by atoms with van der Waals surface area (Å²) in [6.45, 7) is 1.90. The maximum atomic E-state index is 12.3. The first kappa shape index (κ1) is 13.7. The number of ether oxygens (including phenoxy) is 2. The number of carbonyl (C=O) groups excluding carboxylic acids is 1. The molecule has 0 amide bonds. The van der Waals surface area contributed by atoms with Gasteiger partial charge in [-0.25, -0.2) is 4.79 Å². The van der Waals surface area contributed by atoms with Crippen LogP contribution in [0.5, 0.6) is 5.75 Å². The lowest BCUT2D eigenvalue weighted by Crippen LogP contribution is -2.14. The van der Waals surface area contributed by atoms with Gasteiger partial charge in [0.2, 0.25) is 0 Å². The quantitative estimate of drug-likeness (QED) is 0.807. The molecule has 0 bridgehead atoms. The van der Waals surface area contributed by atoms with Crippen LogP contribution in [0.25, 0.3) is 11.0 Å². The molecule has 5 nitrogen and oxygen atoms in total. The van der Waals surface area contributed by atoms with E-state index in [2.05, 4.69) is 0 Å². The van der Waals surface area contributed by atoms with Gasteiger partial charge >= 0.3 is 5.97 Å². The molecule has 21 heavy (non-hydrogen) atoms. The van der Waals surface area contributed by atoms with Crippen LogP contribution >= 0.6 is 0 Å². The third kappa shape index (κ3) is 2.63. The van der Waals surface area contributed by atoms with Crippen LogP contribution in [0.4, 0.5) is 0 Å². The average molecular weight is 288 g/mol. The Morgan fingerprint density at radius 2 is 2.19 bits per heavy atom. The van der Waals surface area contributed by atoms with E-state index in [1.54, 1.807) is 25.1 Å². The van der Waals surface area contributed by atoms with Crippen molar-refractivity contribution in [3.05, 3.63) is 39.7 Å². The van der Waals surface area contributed by atoms with Crippen LogP contribution in [-0.4, -0.2) is 19.2 Å². The number of carbonyl (C=O) groups is 1. The molecule has 0 N–H and O–H groups in total. The molecule has 3 rings (SSSR count). The van der Waals surface area contributed by atoms with Gasteiger partial charge in [0.1, 0.15) is 17.1 Å².